The highest BCUT2D eigenvalue weighted by Crippen LogP contribution is 2.20. The van der Waals surface area contributed by atoms with Gasteiger partial charge in [-0.3, -0.25) is 4.98 Å². The van der Waals surface area contributed by atoms with Gasteiger partial charge in [-0.15, -0.1) is 0 Å². The highest BCUT2D eigenvalue weighted by atomic mass is 16.6. The number of oxime groups is 1. The van der Waals surface area contributed by atoms with Gasteiger partial charge in [-0.2, -0.15) is 0 Å². The van der Waals surface area contributed by atoms with E-state index in [9.17, 15) is 19.8 Å². The van der Waals surface area contributed by atoms with Gasteiger partial charge < -0.3 is 15.1 Å². The summed E-state index contributed by atoms with van der Waals surface area (Å²) < 4.78 is 0. The molecule has 0 atom stereocenters. The zero-order chi connectivity index (χ0) is 16.1. The van der Waals surface area contributed by atoms with E-state index in [4.69, 9.17) is 4.84 Å². The van der Waals surface area contributed by atoms with Crippen molar-refractivity contribution in [1.29, 1.82) is 0 Å². The first-order valence-electron chi connectivity index (χ1n) is 6.17. The summed E-state index contributed by atoms with van der Waals surface area (Å²) in [6.45, 7) is 0. The third-order valence-electron chi connectivity index (χ3n) is 2.88. The Morgan fingerprint density at radius 3 is 2.36 bits per heavy atom. The van der Waals surface area contributed by atoms with Crippen LogP contribution in [0.5, 0.6) is 0 Å². The van der Waals surface area contributed by atoms with Crippen LogP contribution in [0.2, 0.25) is 0 Å². The second-order valence-corrected chi connectivity index (χ2v) is 4.20. The van der Waals surface area contributed by atoms with Gasteiger partial charge in [0.1, 0.15) is 12.8 Å². The summed E-state index contributed by atoms with van der Waals surface area (Å²) in [7, 11) is 1.32. The summed E-state index contributed by atoms with van der Waals surface area (Å²) in [5.41, 5.74) is 0.167. The number of carbonyl (C=O) groups is 2. The normalized spacial score (nSPS) is 11.0. The predicted octanol–water partition coefficient (Wildman–Crippen LogP) is 1.88. The van der Waals surface area contributed by atoms with E-state index in [0.29, 0.717) is 5.56 Å². The van der Waals surface area contributed by atoms with E-state index in [1.807, 2.05) is 0 Å². The van der Waals surface area contributed by atoms with Crippen molar-refractivity contribution < 1.29 is 24.6 Å². The molecule has 0 saturated carbocycles. The zero-order valence-electron chi connectivity index (χ0n) is 11.6. The fourth-order valence-corrected chi connectivity index (χ4v) is 2.01. The van der Waals surface area contributed by atoms with Crippen molar-refractivity contribution in [3.8, 4) is 0 Å². The minimum Gasteiger partial charge on any atom is -0.478 e. The van der Waals surface area contributed by atoms with Crippen LogP contribution in [0.25, 0.3) is 0 Å². The van der Waals surface area contributed by atoms with Gasteiger partial charge in [-0.05, 0) is 18.2 Å². The van der Waals surface area contributed by atoms with Crippen molar-refractivity contribution in [2.45, 2.75) is 0 Å². The van der Waals surface area contributed by atoms with Crippen LogP contribution in [-0.4, -0.2) is 40.0 Å². The minimum atomic E-state index is -1.36. The third kappa shape index (κ3) is 2.93. The fraction of sp³-hybridized carbons (Fsp3) is 0.0667. The molecule has 112 valence electrons. The molecule has 0 radical (unpaired) electrons. The number of nitrogens with zero attached hydrogens (tertiary/aromatic N) is 2. The van der Waals surface area contributed by atoms with Crippen molar-refractivity contribution in [1.82, 2.24) is 4.98 Å². The molecule has 2 N–H and O–H groups in total. The molecule has 0 aliphatic heterocycles. The molecular formula is C15H12N2O5. The van der Waals surface area contributed by atoms with Crippen molar-refractivity contribution >= 4 is 17.7 Å². The summed E-state index contributed by atoms with van der Waals surface area (Å²) in [5, 5.41) is 22.4. The van der Waals surface area contributed by atoms with E-state index in [0.717, 1.165) is 0 Å². The highest BCUT2D eigenvalue weighted by molar-refractivity contribution is 6.19. The number of carboxylic acids is 2. The van der Waals surface area contributed by atoms with Crippen LogP contribution < -0.4 is 0 Å². The van der Waals surface area contributed by atoms with Crippen LogP contribution in [0.4, 0.5) is 0 Å². The van der Waals surface area contributed by atoms with Gasteiger partial charge in [-0.1, -0.05) is 17.3 Å². The molecule has 0 bridgehead atoms. The predicted molar refractivity (Wildman–Crippen MR) is 77.2 cm³/mol. The Labute approximate surface area is 125 Å². The maximum atomic E-state index is 11.5. The van der Waals surface area contributed by atoms with Crippen molar-refractivity contribution in [2.75, 3.05) is 7.11 Å². The van der Waals surface area contributed by atoms with E-state index < -0.39 is 11.9 Å². The smallest absolute Gasteiger partial charge is 0.337 e. The minimum absolute atomic E-state index is 0.141. The van der Waals surface area contributed by atoms with Crippen LogP contribution in [-0.2, 0) is 4.84 Å². The van der Waals surface area contributed by atoms with Crippen LogP contribution in [0.3, 0.4) is 0 Å². The van der Waals surface area contributed by atoms with Crippen LogP contribution in [0.1, 0.15) is 31.8 Å². The Morgan fingerprint density at radius 2 is 1.82 bits per heavy atom. The molecule has 0 spiro atoms. The number of hydrogen-bond donors (Lipinski definition) is 2. The number of aromatic nitrogens is 1. The molecule has 2 aromatic rings. The second-order valence-electron chi connectivity index (χ2n) is 4.20. The van der Waals surface area contributed by atoms with E-state index in [1.165, 1.54) is 31.5 Å². The van der Waals surface area contributed by atoms with Crippen molar-refractivity contribution in [3.63, 3.8) is 0 Å². The Balaban J connectivity index is 2.73. The molecule has 1 aromatic carbocycles. The van der Waals surface area contributed by atoms with Crippen molar-refractivity contribution in [2.24, 2.45) is 5.16 Å². The van der Waals surface area contributed by atoms with Gasteiger partial charge in [0.25, 0.3) is 0 Å². The molecule has 2 rings (SSSR count). The topological polar surface area (TPSA) is 109 Å². The first kappa shape index (κ1) is 15.2. The fourth-order valence-electron chi connectivity index (χ4n) is 2.01. The number of carboxylic acid groups (broad SMARTS) is 2. The van der Waals surface area contributed by atoms with Gasteiger partial charge >= 0.3 is 11.9 Å². The quantitative estimate of drug-likeness (QED) is 0.644. The standard InChI is InChI=1S/C15H12N2O5/c1-22-17-13(9-4-3-7-16-8-9)10-5-2-6-11(14(18)19)12(10)15(20)21/h2-8H,1H3,(H,18,19)(H,20,21)/b17-13+. The largest absolute Gasteiger partial charge is 0.478 e. The third-order valence-corrected chi connectivity index (χ3v) is 2.88. The van der Waals surface area contributed by atoms with Gasteiger partial charge in [0.15, 0.2) is 0 Å². The lowest BCUT2D eigenvalue weighted by molar-refractivity contribution is 0.0651. The summed E-state index contributed by atoms with van der Waals surface area (Å²) in [6.07, 6.45) is 3.04. The number of benzene rings is 1. The molecule has 7 nitrogen and oxygen atoms in total. The van der Waals surface area contributed by atoms with E-state index in [1.54, 1.807) is 18.3 Å². The Bertz CT molecular complexity index is 741. The molecule has 22 heavy (non-hydrogen) atoms. The Hall–Kier alpha value is -3.22. The summed E-state index contributed by atoms with van der Waals surface area (Å²) in [4.78, 5) is 31.5. The lowest BCUT2D eigenvalue weighted by Crippen LogP contribution is -2.16. The zero-order valence-corrected chi connectivity index (χ0v) is 11.6. The Kier molecular flexibility index (Phi) is 4.47. The van der Waals surface area contributed by atoms with Gasteiger partial charge in [0, 0.05) is 23.5 Å². The van der Waals surface area contributed by atoms with E-state index >= 15 is 0 Å². The summed E-state index contributed by atoms with van der Waals surface area (Å²) in [5.74, 6) is -2.69. The maximum Gasteiger partial charge on any atom is 0.337 e. The number of pyridine rings is 1. The molecular weight excluding hydrogens is 288 g/mol. The SMILES string of the molecule is CO/N=C(\c1cccnc1)c1cccc(C(=O)O)c1C(=O)O. The average molecular weight is 300 g/mol. The molecule has 1 aromatic heterocycles. The molecule has 7 heteroatoms. The first-order chi connectivity index (χ1) is 10.6. The van der Waals surface area contributed by atoms with E-state index in [2.05, 4.69) is 10.1 Å². The lowest BCUT2D eigenvalue weighted by Gasteiger charge is -2.11. The highest BCUT2D eigenvalue weighted by Gasteiger charge is 2.23. The monoisotopic (exact) mass is 300 g/mol. The lowest BCUT2D eigenvalue weighted by atomic mass is 9.94. The first-order valence-corrected chi connectivity index (χ1v) is 6.17. The molecule has 0 amide bonds. The number of hydrogen-bond acceptors (Lipinski definition) is 5. The molecule has 0 aliphatic carbocycles. The molecule has 1 heterocycles. The van der Waals surface area contributed by atoms with E-state index in [-0.39, 0.29) is 22.4 Å². The molecule has 0 fully saturated rings. The van der Waals surface area contributed by atoms with Gasteiger partial charge in [0.05, 0.1) is 11.1 Å². The van der Waals surface area contributed by atoms with Gasteiger partial charge in [0.2, 0.25) is 0 Å². The van der Waals surface area contributed by atoms with Crippen LogP contribution >= 0.6 is 0 Å². The number of rotatable bonds is 5. The van der Waals surface area contributed by atoms with Gasteiger partial charge in [-0.25, -0.2) is 9.59 Å². The average Bonchev–Trinajstić information content (AvgIpc) is 2.52. The maximum absolute atomic E-state index is 11.5. The molecule has 0 aliphatic rings. The molecule has 0 saturated heterocycles. The van der Waals surface area contributed by atoms with Crippen molar-refractivity contribution in [3.05, 3.63) is 65.0 Å². The summed E-state index contributed by atoms with van der Waals surface area (Å²) in [6, 6.07) is 7.47. The van der Waals surface area contributed by atoms with Crippen LogP contribution in [0, 0.1) is 0 Å². The summed E-state index contributed by atoms with van der Waals surface area (Å²) >= 11 is 0. The molecule has 0 unspecified atom stereocenters. The Morgan fingerprint density at radius 1 is 1.09 bits per heavy atom. The second kappa shape index (κ2) is 6.49. The number of aromatic carboxylic acids is 2. The van der Waals surface area contributed by atoms with Crippen LogP contribution in [0.15, 0.2) is 47.9 Å².